The lowest BCUT2D eigenvalue weighted by molar-refractivity contribution is 0.474. The number of aromatic hydroxyl groups is 1. The molecule has 0 amide bonds. The van der Waals surface area contributed by atoms with E-state index < -0.39 is 0 Å². The number of phenolic OH excluding ortho intramolecular Hbond substituents is 1. The van der Waals surface area contributed by atoms with E-state index in [-0.39, 0.29) is 5.75 Å². The Hall–Kier alpha value is -1.22. The van der Waals surface area contributed by atoms with Crippen LogP contribution in [-0.2, 0) is 0 Å². The largest absolute Gasteiger partial charge is 0.507 e. The van der Waals surface area contributed by atoms with Gasteiger partial charge in [-0.15, -0.1) is 0 Å². The molecule has 0 atom stereocenters. The maximum atomic E-state index is 9.63. The molecule has 1 N–H and O–H groups in total. The maximum absolute atomic E-state index is 9.63. The summed E-state index contributed by atoms with van der Waals surface area (Å²) >= 11 is 17.7. The second-order valence-electron chi connectivity index (χ2n) is 3.56. The van der Waals surface area contributed by atoms with E-state index in [0.29, 0.717) is 26.3 Å². The van der Waals surface area contributed by atoms with Crippen LogP contribution in [0.25, 0.3) is 0 Å². The quantitative estimate of drug-likeness (QED) is 0.769. The molecule has 92 valence electrons. The predicted molar refractivity (Wildman–Crippen MR) is 76.8 cm³/mol. The van der Waals surface area contributed by atoms with Crippen LogP contribution < -0.4 is 0 Å². The molecule has 0 heterocycles. The van der Waals surface area contributed by atoms with Gasteiger partial charge in [0.05, 0.1) is 10.7 Å². The maximum Gasteiger partial charge on any atom is 0.124 e. The van der Waals surface area contributed by atoms with E-state index in [0.717, 1.165) is 0 Å². The highest BCUT2D eigenvalue weighted by Gasteiger charge is 2.01. The second kappa shape index (κ2) is 5.61. The van der Waals surface area contributed by atoms with Gasteiger partial charge in [0.15, 0.2) is 0 Å². The Morgan fingerprint density at radius 3 is 2.39 bits per heavy atom. The minimum Gasteiger partial charge on any atom is -0.507 e. The van der Waals surface area contributed by atoms with E-state index >= 15 is 0 Å². The molecule has 2 aromatic carbocycles. The first-order chi connectivity index (χ1) is 8.56. The van der Waals surface area contributed by atoms with E-state index in [1.54, 1.807) is 30.3 Å². The van der Waals surface area contributed by atoms with E-state index in [1.807, 2.05) is 0 Å². The van der Waals surface area contributed by atoms with E-state index in [2.05, 4.69) is 4.99 Å². The van der Waals surface area contributed by atoms with Crippen LogP contribution in [0, 0.1) is 0 Å². The summed E-state index contributed by atoms with van der Waals surface area (Å²) in [6, 6.07) is 9.69. The topological polar surface area (TPSA) is 32.6 Å². The number of hydrogen-bond donors (Lipinski definition) is 1. The van der Waals surface area contributed by atoms with Crippen molar-refractivity contribution in [1.29, 1.82) is 0 Å². The zero-order chi connectivity index (χ0) is 13.1. The van der Waals surface area contributed by atoms with Gasteiger partial charge in [-0.1, -0.05) is 34.8 Å². The molecule has 0 aliphatic rings. The number of halogens is 3. The fourth-order valence-corrected chi connectivity index (χ4v) is 1.87. The second-order valence-corrected chi connectivity index (χ2v) is 4.84. The zero-order valence-corrected chi connectivity index (χ0v) is 11.3. The van der Waals surface area contributed by atoms with Crippen molar-refractivity contribution in [3.8, 4) is 5.75 Å². The molecule has 2 nitrogen and oxygen atoms in total. The third-order valence-electron chi connectivity index (χ3n) is 2.24. The SMILES string of the molecule is Oc1ccc(Cl)cc1/C=N/c1cc(Cl)ccc1Cl. The highest BCUT2D eigenvalue weighted by molar-refractivity contribution is 6.35. The average molecular weight is 301 g/mol. The van der Waals surface area contributed by atoms with Crippen molar-refractivity contribution in [2.24, 2.45) is 4.99 Å². The van der Waals surface area contributed by atoms with Crippen LogP contribution in [0.15, 0.2) is 41.4 Å². The molecule has 0 aliphatic heterocycles. The normalized spacial score (nSPS) is 11.1. The van der Waals surface area contributed by atoms with Gasteiger partial charge in [0.25, 0.3) is 0 Å². The van der Waals surface area contributed by atoms with Gasteiger partial charge in [-0.25, -0.2) is 0 Å². The first-order valence-electron chi connectivity index (χ1n) is 5.04. The summed E-state index contributed by atoms with van der Waals surface area (Å²) in [6.07, 6.45) is 1.48. The van der Waals surface area contributed by atoms with Crippen LogP contribution in [0.5, 0.6) is 5.75 Å². The lowest BCUT2D eigenvalue weighted by Gasteiger charge is -2.01. The van der Waals surface area contributed by atoms with Gasteiger partial charge in [0, 0.05) is 21.8 Å². The molecule has 0 unspecified atom stereocenters. The van der Waals surface area contributed by atoms with Gasteiger partial charge in [0.1, 0.15) is 5.75 Å². The van der Waals surface area contributed by atoms with Crippen molar-refractivity contribution in [1.82, 2.24) is 0 Å². The number of phenols is 1. The van der Waals surface area contributed by atoms with Gasteiger partial charge in [0.2, 0.25) is 0 Å². The summed E-state index contributed by atoms with van der Waals surface area (Å²) in [7, 11) is 0. The Morgan fingerprint density at radius 2 is 1.61 bits per heavy atom. The van der Waals surface area contributed by atoms with Gasteiger partial charge < -0.3 is 5.11 Å². The van der Waals surface area contributed by atoms with E-state index in [9.17, 15) is 5.11 Å². The standard InChI is InChI=1S/C13H8Cl3NO/c14-9-2-4-13(18)8(5-9)7-17-12-6-10(15)1-3-11(12)16/h1-7,18H/b17-7+. The Morgan fingerprint density at radius 1 is 0.944 bits per heavy atom. The number of aliphatic imine (C=N–C) groups is 1. The molecular formula is C13H8Cl3NO. The van der Waals surface area contributed by atoms with Crippen molar-refractivity contribution in [2.75, 3.05) is 0 Å². The minimum atomic E-state index is 0.0984. The zero-order valence-electron chi connectivity index (χ0n) is 9.07. The minimum absolute atomic E-state index is 0.0984. The third kappa shape index (κ3) is 3.16. The Kier molecular flexibility index (Phi) is 4.12. The molecule has 0 saturated carbocycles. The van der Waals surface area contributed by atoms with E-state index in [1.165, 1.54) is 12.3 Å². The monoisotopic (exact) mass is 299 g/mol. The van der Waals surface area contributed by atoms with Gasteiger partial charge in [-0.2, -0.15) is 0 Å². The molecule has 5 heteroatoms. The molecule has 2 aromatic rings. The fraction of sp³-hybridized carbons (Fsp3) is 0. The summed E-state index contributed by atoms with van der Waals surface area (Å²) in [5, 5.41) is 11.2. The fourth-order valence-electron chi connectivity index (χ4n) is 1.35. The van der Waals surface area contributed by atoms with Crippen LogP contribution in [0.4, 0.5) is 5.69 Å². The molecule has 0 bridgehead atoms. The molecule has 0 saturated heterocycles. The summed E-state index contributed by atoms with van der Waals surface area (Å²) in [6.45, 7) is 0. The molecule has 0 radical (unpaired) electrons. The third-order valence-corrected chi connectivity index (χ3v) is 3.03. The molecule has 0 fully saturated rings. The van der Waals surface area contributed by atoms with Gasteiger partial charge in [-0.05, 0) is 36.4 Å². The van der Waals surface area contributed by atoms with Crippen LogP contribution in [0.1, 0.15) is 5.56 Å². The number of hydrogen-bond acceptors (Lipinski definition) is 2. The number of rotatable bonds is 2. The lowest BCUT2D eigenvalue weighted by atomic mass is 10.2. The Labute approximate surface area is 119 Å². The molecule has 0 aromatic heterocycles. The Bertz CT molecular complexity index is 558. The average Bonchev–Trinajstić information content (AvgIpc) is 2.34. The van der Waals surface area contributed by atoms with Crippen molar-refractivity contribution in [2.45, 2.75) is 0 Å². The summed E-state index contributed by atoms with van der Waals surface area (Å²) < 4.78 is 0. The van der Waals surface area contributed by atoms with Crippen molar-refractivity contribution < 1.29 is 5.11 Å². The highest BCUT2D eigenvalue weighted by atomic mass is 35.5. The highest BCUT2D eigenvalue weighted by Crippen LogP contribution is 2.28. The van der Waals surface area contributed by atoms with Gasteiger partial charge >= 0.3 is 0 Å². The van der Waals surface area contributed by atoms with Crippen molar-refractivity contribution in [3.63, 3.8) is 0 Å². The van der Waals surface area contributed by atoms with Crippen LogP contribution in [0.3, 0.4) is 0 Å². The summed E-state index contributed by atoms with van der Waals surface area (Å²) in [5.41, 5.74) is 1.04. The molecule has 0 aliphatic carbocycles. The lowest BCUT2D eigenvalue weighted by Crippen LogP contribution is -1.82. The van der Waals surface area contributed by atoms with Crippen LogP contribution >= 0.6 is 34.8 Å². The van der Waals surface area contributed by atoms with Crippen LogP contribution in [-0.4, -0.2) is 11.3 Å². The first-order valence-corrected chi connectivity index (χ1v) is 6.17. The van der Waals surface area contributed by atoms with Crippen molar-refractivity contribution >= 4 is 46.7 Å². The first kappa shape index (κ1) is 13.2. The predicted octanol–water partition coefficient (Wildman–Crippen LogP) is 5.10. The summed E-state index contributed by atoms with van der Waals surface area (Å²) in [4.78, 5) is 4.18. The van der Waals surface area contributed by atoms with E-state index in [4.69, 9.17) is 34.8 Å². The molecule has 18 heavy (non-hydrogen) atoms. The smallest absolute Gasteiger partial charge is 0.124 e. The Balaban J connectivity index is 2.35. The van der Waals surface area contributed by atoms with Crippen molar-refractivity contribution in [3.05, 3.63) is 57.0 Å². The van der Waals surface area contributed by atoms with Crippen LogP contribution in [0.2, 0.25) is 15.1 Å². The molecule has 2 rings (SSSR count). The number of benzene rings is 2. The van der Waals surface area contributed by atoms with Gasteiger partial charge in [-0.3, -0.25) is 4.99 Å². The molecule has 0 spiro atoms. The number of nitrogens with zero attached hydrogens (tertiary/aromatic N) is 1. The summed E-state index contributed by atoms with van der Waals surface area (Å²) in [5.74, 6) is 0.0984. The molecular weight excluding hydrogens is 293 g/mol.